The summed E-state index contributed by atoms with van der Waals surface area (Å²) in [6, 6.07) is 5.71. The summed E-state index contributed by atoms with van der Waals surface area (Å²) in [6.07, 6.45) is 5.42. The zero-order valence-corrected chi connectivity index (χ0v) is 14.9. The predicted molar refractivity (Wildman–Crippen MR) is 94.9 cm³/mol. The fraction of sp³-hybridized carbons (Fsp3) is 0.526. The lowest BCUT2D eigenvalue weighted by molar-refractivity contribution is -0.117. The molecule has 0 unspecified atom stereocenters. The summed E-state index contributed by atoms with van der Waals surface area (Å²) >= 11 is 0. The average Bonchev–Trinajstić information content (AvgIpc) is 2.46. The monoisotopic (exact) mass is 319 g/mol. The van der Waals surface area contributed by atoms with Gasteiger partial charge in [0.25, 0.3) is 0 Å². The van der Waals surface area contributed by atoms with E-state index in [1.807, 2.05) is 45.9 Å². The van der Waals surface area contributed by atoms with Gasteiger partial charge in [0.1, 0.15) is 0 Å². The summed E-state index contributed by atoms with van der Waals surface area (Å²) < 4.78 is 11.4. The Morgan fingerprint density at radius 1 is 1.17 bits per heavy atom. The molecule has 0 bridgehead atoms. The second-order valence-electron chi connectivity index (χ2n) is 6.41. The standard InChI is InChI=1S/C19H29NO3/c1-6-8-13-23-16-11-9-15(14-17(16)22-7-2)10-12-18(21)20-19(3,4)5/h9-12,14H,6-8,13H2,1-5H3,(H,20,21)/b12-10+. The molecule has 4 nitrogen and oxygen atoms in total. The van der Waals surface area contributed by atoms with Gasteiger partial charge in [0.2, 0.25) is 5.91 Å². The lowest BCUT2D eigenvalue weighted by Gasteiger charge is -2.19. The van der Waals surface area contributed by atoms with E-state index in [1.165, 1.54) is 6.08 Å². The van der Waals surface area contributed by atoms with Gasteiger partial charge in [-0.1, -0.05) is 19.4 Å². The number of rotatable bonds is 8. The van der Waals surface area contributed by atoms with Crippen LogP contribution in [-0.2, 0) is 4.79 Å². The Hall–Kier alpha value is -1.97. The molecule has 128 valence electrons. The molecular formula is C19H29NO3. The Morgan fingerprint density at radius 3 is 2.52 bits per heavy atom. The number of unbranched alkanes of at least 4 members (excludes halogenated alkanes) is 1. The Bertz CT molecular complexity index is 530. The molecule has 0 aliphatic carbocycles. The van der Waals surface area contributed by atoms with E-state index in [-0.39, 0.29) is 11.4 Å². The molecule has 0 saturated carbocycles. The van der Waals surface area contributed by atoms with Gasteiger partial charge in [0.15, 0.2) is 11.5 Å². The molecule has 0 spiro atoms. The highest BCUT2D eigenvalue weighted by Crippen LogP contribution is 2.29. The van der Waals surface area contributed by atoms with Gasteiger partial charge in [0.05, 0.1) is 13.2 Å². The number of ether oxygens (including phenoxy) is 2. The summed E-state index contributed by atoms with van der Waals surface area (Å²) in [5, 5.41) is 2.89. The van der Waals surface area contributed by atoms with Gasteiger partial charge in [-0.05, 0) is 57.9 Å². The Balaban J connectivity index is 2.80. The summed E-state index contributed by atoms with van der Waals surface area (Å²) in [7, 11) is 0. The molecule has 1 aromatic carbocycles. The van der Waals surface area contributed by atoms with Gasteiger partial charge in [-0.15, -0.1) is 0 Å². The van der Waals surface area contributed by atoms with Gasteiger partial charge in [-0.3, -0.25) is 4.79 Å². The van der Waals surface area contributed by atoms with E-state index in [2.05, 4.69) is 12.2 Å². The normalized spacial score (nSPS) is 11.5. The van der Waals surface area contributed by atoms with Gasteiger partial charge >= 0.3 is 0 Å². The van der Waals surface area contributed by atoms with Gasteiger partial charge in [-0.2, -0.15) is 0 Å². The minimum Gasteiger partial charge on any atom is -0.490 e. The second-order valence-corrected chi connectivity index (χ2v) is 6.41. The Labute approximate surface area is 139 Å². The Kier molecular flexibility index (Phi) is 7.66. The molecule has 0 fully saturated rings. The molecule has 0 saturated heterocycles. The van der Waals surface area contributed by atoms with Crippen molar-refractivity contribution >= 4 is 12.0 Å². The van der Waals surface area contributed by atoms with E-state index >= 15 is 0 Å². The van der Waals surface area contributed by atoms with E-state index in [0.717, 1.165) is 24.2 Å². The maximum absolute atomic E-state index is 11.8. The highest BCUT2D eigenvalue weighted by atomic mass is 16.5. The van der Waals surface area contributed by atoms with Crippen LogP contribution in [-0.4, -0.2) is 24.7 Å². The number of carbonyl (C=O) groups excluding carboxylic acids is 1. The molecule has 4 heteroatoms. The van der Waals surface area contributed by atoms with Crippen LogP contribution in [0.25, 0.3) is 6.08 Å². The van der Waals surface area contributed by atoms with Crippen molar-refractivity contribution < 1.29 is 14.3 Å². The number of nitrogens with one attached hydrogen (secondary N) is 1. The first-order valence-corrected chi connectivity index (χ1v) is 8.25. The third-order valence-electron chi connectivity index (χ3n) is 2.95. The van der Waals surface area contributed by atoms with Crippen molar-refractivity contribution in [2.24, 2.45) is 0 Å². The highest BCUT2D eigenvalue weighted by Gasteiger charge is 2.11. The third kappa shape index (κ3) is 7.73. The van der Waals surface area contributed by atoms with Crippen LogP contribution in [0.4, 0.5) is 0 Å². The van der Waals surface area contributed by atoms with Crippen molar-refractivity contribution in [3.63, 3.8) is 0 Å². The molecule has 0 aromatic heterocycles. The first-order valence-electron chi connectivity index (χ1n) is 8.25. The van der Waals surface area contributed by atoms with Crippen LogP contribution in [0.5, 0.6) is 11.5 Å². The number of benzene rings is 1. The fourth-order valence-electron chi connectivity index (χ4n) is 1.93. The molecule has 0 radical (unpaired) electrons. The van der Waals surface area contributed by atoms with Crippen molar-refractivity contribution in [1.29, 1.82) is 0 Å². The van der Waals surface area contributed by atoms with E-state index in [9.17, 15) is 4.79 Å². The Morgan fingerprint density at radius 2 is 1.91 bits per heavy atom. The summed E-state index contributed by atoms with van der Waals surface area (Å²) in [5.74, 6) is 1.34. The molecule has 1 N–H and O–H groups in total. The lowest BCUT2D eigenvalue weighted by atomic mass is 10.1. The largest absolute Gasteiger partial charge is 0.490 e. The molecule has 1 amide bonds. The lowest BCUT2D eigenvalue weighted by Crippen LogP contribution is -2.39. The fourth-order valence-corrected chi connectivity index (χ4v) is 1.93. The molecule has 0 atom stereocenters. The molecule has 0 heterocycles. The van der Waals surface area contributed by atoms with Crippen LogP contribution in [0.3, 0.4) is 0 Å². The predicted octanol–water partition coefficient (Wildman–Crippen LogP) is 4.19. The van der Waals surface area contributed by atoms with E-state index in [4.69, 9.17) is 9.47 Å². The topological polar surface area (TPSA) is 47.6 Å². The van der Waals surface area contributed by atoms with Crippen LogP contribution in [0.15, 0.2) is 24.3 Å². The summed E-state index contributed by atoms with van der Waals surface area (Å²) in [6.45, 7) is 11.2. The van der Waals surface area contributed by atoms with Gasteiger partial charge in [0, 0.05) is 11.6 Å². The maximum atomic E-state index is 11.8. The number of carbonyl (C=O) groups is 1. The zero-order valence-electron chi connectivity index (χ0n) is 14.9. The summed E-state index contributed by atoms with van der Waals surface area (Å²) in [4.78, 5) is 11.8. The molecule has 0 aliphatic rings. The maximum Gasteiger partial charge on any atom is 0.244 e. The van der Waals surface area contributed by atoms with E-state index in [1.54, 1.807) is 6.08 Å². The molecule has 1 rings (SSSR count). The number of hydrogen-bond acceptors (Lipinski definition) is 3. The van der Waals surface area contributed by atoms with E-state index < -0.39 is 0 Å². The minimum absolute atomic E-state index is 0.112. The average molecular weight is 319 g/mol. The molecule has 0 aliphatic heterocycles. The van der Waals surface area contributed by atoms with Crippen molar-refractivity contribution in [3.8, 4) is 11.5 Å². The van der Waals surface area contributed by atoms with E-state index in [0.29, 0.717) is 19.0 Å². The van der Waals surface area contributed by atoms with Crippen LogP contribution in [0.2, 0.25) is 0 Å². The first kappa shape index (κ1) is 19.1. The summed E-state index contributed by atoms with van der Waals surface area (Å²) in [5.41, 5.74) is 0.662. The van der Waals surface area contributed by atoms with Crippen LogP contribution in [0.1, 0.15) is 53.0 Å². The number of amides is 1. The zero-order chi connectivity index (χ0) is 17.3. The van der Waals surface area contributed by atoms with Crippen molar-refractivity contribution in [3.05, 3.63) is 29.8 Å². The van der Waals surface area contributed by atoms with Crippen molar-refractivity contribution in [2.45, 2.75) is 53.0 Å². The van der Waals surface area contributed by atoms with Gasteiger partial charge in [-0.25, -0.2) is 0 Å². The second kappa shape index (κ2) is 9.23. The smallest absolute Gasteiger partial charge is 0.244 e. The molecule has 23 heavy (non-hydrogen) atoms. The molecular weight excluding hydrogens is 290 g/mol. The van der Waals surface area contributed by atoms with Crippen LogP contribution < -0.4 is 14.8 Å². The quantitative estimate of drug-likeness (QED) is 0.577. The molecule has 1 aromatic rings. The third-order valence-corrected chi connectivity index (χ3v) is 2.95. The first-order chi connectivity index (χ1) is 10.9. The van der Waals surface area contributed by atoms with Gasteiger partial charge < -0.3 is 14.8 Å². The van der Waals surface area contributed by atoms with Crippen molar-refractivity contribution in [1.82, 2.24) is 5.32 Å². The SMILES string of the molecule is CCCCOc1ccc(/C=C/C(=O)NC(C)(C)C)cc1OCC. The number of hydrogen-bond donors (Lipinski definition) is 1. The minimum atomic E-state index is -0.241. The van der Waals surface area contributed by atoms with Crippen LogP contribution >= 0.6 is 0 Å². The van der Waals surface area contributed by atoms with Crippen LogP contribution in [0, 0.1) is 0 Å². The highest BCUT2D eigenvalue weighted by molar-refractivity contribution is 5.92. The van der Waals surface area contributed by atoms with Crippen molar-refractivity contribution in [2.75, 3.05) is 13.2 Å².